The number of rotatable bonds is 7. The molecule has 0 spiro atoms. The number of carbonyl (C=O) groups excluding carboxylic acids is 2. The number of carbonyl (C=O) groups is 2. The number of nitrogens with one attached hydrogen (secondary N) is 1. The summed E-state index contributed by atoms with van der Waals surface area (Å²) in [6.45, 7) is 3.93. The van der Waals surface area contributed by atoms with Gasteiger partial charge in [0.05, 0.1) is 6.61 Å². The van der Waals surface area contributed by atoms with Crippen LogP contribution < -0.4 is 5.43 Å². The van der Waals surface area contributed by atoms with Crippen molar-refractivity contribution in [1.29, 1.82) is 5.26 Å². The summed E-state index contributed by atoms with van der Waals surface area (Å²) in [5.41, 5.74) is 5.30. The van der Waals surface area contributed by atoms with Crippen LogP contribution >= 0.6 is 0 Å². The molecule has 7 heteroatoms. The minimum atomic E-state index is -0.715. The maximum absolute atomic E-state index is 12.4. The highest BCUT2D eigenvalue weighted by Gasteiger charge is 2.15. The lowest BCUT2D eigenvalue weighted by atomic mass is 10.1. The molecule has 0 aliphatic carbocycles. The van der Waals surface area contributed by atoms with E-state index in [1.165, 1.54) is 13.2 Å². The van der Waals surface area contributed by atoms with Gasteiger partial charge in [-0.1, -0.05) is 18.2 Å². The molecule has 0 fully saturated rings. The summed E-state index contributed by atoms with van der Waals surface area (Å²) >= 11 is 0. The van der Waals surface area contributed by atoms with E-state index in [1.54, 1.807) is 41.9 Å². The quantitative estimate of drug-likeness (QED) is 0.351. The normalized spacial score (nSPS) is 11.0. The topological polar surface area (TPSA) is 93.3 Å². The van der Waals surface area contributed by atoms with Crippen LogP contribution in [-0.2, 0) is 14.3 Å². The van der Waals surface area contributed by atoms with E-state index in [1.807, 2.05) is 19.1 Å². The van der Waals surface area contributed by atoms with Crippen molar-refractivity contribution in [2.75, 3.05) is 25.7 Å². The van der Waals surface area contributed by atoms with Gasteiger partial charge < -0.3 is 9.47 Å². The van der Waals surface area contributed by atoms with Gasteiger partial charge in [-0.2, -0.15) is 5.26 Å². The second-order valence-electron chi connectivity index (χ2n) is 5.77. The van der Waals surface area contributed by atoms with Crippen molar-refractivity contribution in [2.24, 2.45) is 0 Å². The third-order valence-corrected chi connectivity index (χ3v) is 3.88. The van der Waals surface area contributed by atoms with E-state index in [2.05, 4.69) is 5.43 Å². The number of nitrogens with zero attached hydrogens (tertiary/aromatic N) is 2. The van der Waals surface area contributed by atoms with Crippen molar-refractivity contribution in [3.8, 4) is 6.07 Å². The fourth-order valence-electron chi connectivity index (χ4n) is 2.45. The second-order valence-corrected chi connectivity index (χ2v) is 5.77. The third-order valence-electron chi connectivity index (χ3n) is 3.88. The fraction of sp³-hybridized carbons (Fsp3) is 0.250. The number of hydrogen-bond donors (Lipinski definition) is 1. The lowest BCUT2D eigenvalue weighted by Crippen LogP contribution is -2.24. The zero-order chi connectivity index (χ0) is 19.8. The Morgan fingerprint density at radius 2 is 1.93 bits per heavy atom. The maximum Gasteiger partial charge on any atom is 0.348 e. The van der Waals surface area contributed by atoms with Crippen LogP contribution in [0.25, 0.3) is 6.08 Å². The molecule has 2 rings (SSSR count). The molecule has 0 aliphatic heterocycles. The van der Waals surface area contributed by atoms with Crippen LogP contribution in [0.1, 0.15) is 27.3 Å². The van der Waals surface area contributed by atoms with Crippen LogP contribution in [0.3, 0.4) is 0 Å². The molecule has 0 aliphatic rings. The number of esters is 1. The van der Waals surface area contributed by atoms with Crippen LogP contribution in [0.2, 0.25) is 0 Å². The van der Waals surface area contributed by atoms with Gasteiger partial charge in [-0.05, 0) is 43.7 Å². The molecule has 1 aromatic carbocycles. The molecule has 0 saturated carbocycles. The fourth-order valence-corrected chi connectivity index (χ4v) is 2.45. The smallest absolute Gasteiger partial charge is 0.348 e. The molecule has 0 atom stereocenters. The Bertz CT molecular complexity index is 892. The van der Waals surface area contributed by atoms with Crippen LogP contribution in [0, 0.1) is 25.2 Å². The van der Waals surface area contributed by atoms with E-state index >= 15 is 0 Å². The summed E-state index contributed by atoms with van der Waals surface area (Å²) in [4.78, 5) is 24.3. The Kier molecular flexibility index (Phi) is 6.92. The first kappa shape index (κ1) is 19.9. The molecular weight excluding hydrogens is 346 g/mol. The number of methoxy groups -OCH3 is 1. The van der Waals surface area contributed by atoms with Crippen molar-refractivity contribution >= 4 is 18.0 Å². The third kappa shape index (κ3) is 5.06. The summed E-state index contributed by atoms with van der Waals surface area (Å²) < 4.78 is 11.4. The van der Waals surface area contributed by atoms with Crippen molar-refractivity contribution in [2.45, 2.75) is 13.8 Å². The van der Waals surface area contributed by atoms with Gasteiger partial charge in [-0.3, -0.25) is 14.9 Å². The van der Waals surface area contributed by atoms with Crippen molar-refractivity contribution < 1.29 is 19.1 Å². The molecule has 27 heavy (non-hydrogen) atoms. The Hall–Kier alpha value is -3.37. The molecule has 2 aromatic rings. The summed E-state index contributed by atoms with van der Waals surface area (Å²) in [7, 11) is 1.49. The zero-order valence-corrected chi connectivity index (χ0v) is 15.5. The van der Waals surface area contributed by atoms with Gasteiger partial charge >= 0.3 is 5.97 Å². The van der Waals surface area contributed by atoms with E-state index < -0.39 is 5.97 Å². The second kappa shape index (κ2) is 9.36. The predicted octanol–water partition coefficient (Wildman–Crippen LogP) is 2.59. The maximum atomic E-state index is 12.4. The van der Waals surface area contributed by atoms with E-state index in [-0.39, 0.29) is 24.7 Å². The molecule has 1 N–H and O–H groups in total. The van der Waals surface area contributed by atoms with Gasteiger partial charge in [0.25, 0.3) is 5.91 Å². The SMILES string of the molecule is COCCOC(=O)/C(C#N)=C/c1cc(C)n(NC(=O)c2ccccc2)c1C. The summed E-state index contributed by atoms with van der Waals surface area (Å²) in [5, 5.41) is 9.25. The molecule has 0 unspecified atom stereocenters. The van der Waals surface area contributed by atoms with Gasteiger partial charge in [0.1, 0.15) is 18.2 Å². The molecular formula is C20H21N3O4. The van der Waals surface area contributed by atoms with Crippen LogP contribution in [0.4, 0.5) is 0 Å². The minimum absolute atomic E-state index is 0.0699. The van der Waals surface area contributed by atoms with Crippen molar-refractivity contribution in [3.05, 3.63) is 64.5 Å². The number of ether oxygens (including phenoxy) is 2. The monoisotopic (exact) mass is 367 g/mol. The summed E-state index contributed by atoms with van der Waals surface area (Å²) in [5.74, 6) is -0.972. The Balaban J connectivity index is 2.22. The molecule has 1 heterocycles. The largest absolute Gasteiger partial charge is 0.459 e. The number of nitriles is 1. The lowest BCUT2D eigenvalue weighted by molar-refractivity contribution is -0.139. The van der Waals surface area contributed by atoms with Gasteiger partial charge in [0.15, 0.2) is 0 Å². The standard InChI is InChI=1S/C20H21N3O4/c1-14-11-17(12-18(13-21)20(25)27-10-9-26-3)15(2)23(14)22-19(24)16-7-5-4-6-8-16/h4-8,11-12H,9-10H2,1-3H3,(H,22,24)/b18-12+. The van der Waals surface area contributed by atoms with Crippen molar-refractivity contribution in [1.82, 2.24) is 4.68 Å². The highest BCUT2D eigenvalue weighted by Crippen LogP contribution is 2.18. The first-order valence-corrected chi connectivity index (χ1v) is 8.31. The van der Waals surface area contributed by atoms with E-state index in [4.69, 9.17) is 9.47 Å². The predicted molar refractivity (Wildman–Crippen MR) is 100 cm³/mol. The van der Waals surface area contributed by atoms with E-state index in [0.717, 1.165) is 5.69 Å². The average Bonchev–Trinajstić information content (AvgIpc) is 2.94. The van der Waals surface area contributed by atoms with Gasteiger partial charge in [-0.25, -0.2) is 4.79 Å². The highest BCUT2D eigenvalue weighted by molar-refractivity contribution is 6.00. The molecule has 1 amide bonds. The van der Waals surface area contributed by atoms with Gasteiger partial charge in [0, 0.05) is 24.1 Å². The molecule has 0 radical (unpaired) electrons. The number of benzene rings is 1. The zero-order valence-electron chi connectivity index (χ0n) is 15.5. The van der Waals surface area contributed by atoms with Crippen molar-refractivity contribution in [3.63, 3.8) is 0 Å². The number of amides is 1. The molecule has 1 aromatic heterocycles. The molecule has 0 bridgehead atoms. The Morgan fingerprint density at radius 3 is 2.56 bits per heavy atom. The average molecular weight is 367 g/mol. The van der Waals surface area contributed by atoms with E-state index in [9.17, 15) is 14.9 Å². The Morgan fingerprint density at radius 1 is 1.22 bits per heavy atom. The lowest BCUT2D eigenvalue weighted by Gasteiger charge is -2.11. The number of aromatic nitrogens is 1. The number of hydrogen-bond acceptors (Lipinski definition) is 5. The molecule has 140 valence electrons. The first-order valence-electron chi connectivity index (χ1n) is 8.31. The number of aryl methyl sites for hydroxylation is 1. The van der Waals surface area contributed by atoms with Gasteiger partial charge in [-0.15, -0.1) is 0 Å². The van der Waals surface area contributed by atoms with Gasteiger partial charge in [0.2, 0.25) is 0 Å². The van der Waals surface area contributed by atoms with Crippen LogP contribution in [-0.4, -0.2) is 36.9 Å². The summed E-state index contributed by atoms with van der Waals surface area (Å²) in [6, 6.07) is 12.5. The van der Waals surface area contributed by atoms with E-state index in [0.29, 0.717) is 16.8 Å². The molecule has 7 nitrogen and oxygen atoms in total. The first-order chi connectivity index (χ1) is 13.0. The minimum Gasteiger partial charge on any atom is -0.459 e. The van der Waals surface area contributed by atoms with Crippen LogP contribution in [0.5, 0.6) is 0 Å². The summed E-state index contributed by atoms with van der Waals surface area (Å²) in [6.07, 6.45) is 1.45. The highest BCUT2D eigenvalue weighted by atomic mass is 16.6. The van der Waals surface area contributed by atoms with Crippen LogP contribution in [0.15, 0.2) is 42.0 Å². The Labute approximate surface area is 157 Å². The molecule has 0 saturated heterocycles.